The minimum Gasteiger partial charge on any atom is -0.354 e. The topological polar surface area (TPSA) is 56.7 Å². The van der Waals surface area contributed by atoms with Crippen LogP contribution in [0.5, 0.6) is 0 Å². The summed E-state index contributed by atoms with van der Waals surface area (Å²) in [7, 11) is 1.13. The minimum absolute atomic E-state index is 0.328. The molecule has 1 aromatic carbocycles. The van der Waals surface area contributed by atoms with Crippen molar-refractivity contribution in [2.45, 2.75) is 89.2 Å². The summed E-state index contributed by atoms with van der Waals surface area (Å²) in [6, 6.07) is 10.0. The number of piperidine rings is 1. The van der Waals surface area contributed by atoms with Crippen LogP contribution in [0.15, 0.2) is 29.3 Å². The Kier molecular flexibility index (Phi) is 9.19. The third kappa shape index (κ3) is 6.81. The number of hydrogen-bond acceptors (Lipinski definition) is 3. The Morgan fingerprint density at radius 1 is 1.13 bits per heavy atom. The molecule has 6 heteroatoms. The lowest BCUT2D eigenvalue weighted by molar-refractivity contribution is 0.152. The maximum absolute atomic E-state index is 12.2. The van der Waals surface area contributed by atoms with Crippen LogP contribution in [-0.4, -0.2) is 51.7 Å². The highest BCUT2D eigenvalue weighted by Crippen LogP contribution is 2.23. The van der Waals surface area contributed by atoms with Gasteiger partial charge in [-0.25, -0.2) is 0 Å². The molecule has 2 fully saturated rings. The van der Waals surface area contributed by atoms with Gasteiger partial charge in [0.2, 0.25) is 0 Å². The summed E-state index contributed by atoms with van der Waals surface area (Å²) in [5, 5.41) is 7.33. The quantitative estimate of drug-likeness (QED) is 0.508. The van der Waals surface area contributed by atoms with Crippen molar-refractivity contribution in [3.05, 3.63) is 35.4 Å². The van der Waals surface area contributed by atoms with E-state index in [1.165, 1.54) is 36.9 Å². The average Bonchev–Trinajstić information content (AvgIpc) is 2.78. The fourth-order valence-electron chi connectivity index (χ4n) is 4.71. The molecule has 3 rings (SSSR count). The van der Waals surface area contributed by atoms with Gasteiger partial charge in [0.25, 0.3) is 0 Å². The summed E-state index contributed by atoms with van der Waals surface area (Å²) in [4.78, 5) is 7.01. The van der Waals surface area contributed by atoms with E-state index in [0.717, 1.165) is 50.5 Å². The van der Waals surface area contributed by atoms with Crippen molar-refractivity contribution in [2.24, 2.45) is 4.99 Å². The van der Waals surface area contributed by atoms with Crippen LogP contribution in [0.4, 0.5) is 0 Å². The van der Waals surface area contributed by atoms with Crippen LogP contribution < -0.4 is 10.6 Å². The van der Waals surface area contributed by atoms with E-state index >= 15 is 0 Å². The predicted octanol–water partition coefficient (Wildman–Crippen LogP) is 3.81. The number of nitrogens with one attached hydrogen (secondary N) is 2. The summed E-state index contributed by atoms with van der Waals surface area (Å²) in [5.41, 5.74) is 2.66. The monoisotopic (exact) mass is 432 g/mol. The van der Waals surface area contributed by atoms with Gasteiger partial charge in [-0.2, -0.15) is 0 Å². The predicted molar refractivity (Wildman–Crippen MR) is 128 cm³/mol. The van der Waals surface area contributed by atoms with Gasteiger partial charge in [0, 0.05) is 54.0 Å². The molecule has 1 heterocycles. The summed E-state index contributed by atoms with van der Waals surface area (Å²) in [5.74, 6) is 1.60. The highest BCUT2D eigenvalue weighted by atomic mass is 32.2. The van der Waals surface area contributed by atoms with Crippen LogP contribution in [-0.2, 0) is 23.9 Å². The fraction of sp³-hybridized carbons (Fsp3) is 0.708. The standard InChI is InChI=1S/C24H40N4OS/c1-4-30(29)23-10-7-9-22(16-23)27-24(25-3)26-17-20-11-13-21(14-12-20)18-28-15-6-5-8-19(28)2/h11-14,19,22-23H,4-10,15-18H2,1-3H3,(H2,25,26,27). The number of hydrogen-bond donors (Lipinski definition) is 2. The van der Waals surface area contributed by atoms with E-state index in [1.807, 2.05) is 14.0 Å². The van der Waals surface area contributed by atoms with Gasteiger partial charge in [-0.3, -0.25) is 14.1 Å². The van der Waals surface area contributed by atoms with E-state index in [9.17, 15) is 4.21 Å². The molecule has 1 aromatic rings. The number of aliphatic imine (C=N–C) groups is 1. The second-order valence-corrected chi connectivity index (χ2v) is 10.9. The van der Waals surface area contributed by atoms with Crippen molar-refractivity contribution >= 4 is 16.8 Å². The highest BCUT2D eigenvalue weighted by Gasteiger charge is 2.26. The van der Waals surface area contributed by atoms with Crippen LogP contribution in [0.25, 0.3) is 0 Å². The molecule has 0 spiro atoms. The van der Waals surface area contributed by atoms with E-state index in [4.69, 9.17) is 0 Å². The molecule has 5 nitrogen and oxygen atoms in total. The molecule has 0 amide bonds. The molecular weight excluding hydrogens is 392 g/mol. The fourth-order valence-corrected chi connectivity index (χ4v) is 6.06. The molecule has 0 bridgehead atoms. The summed E-state index contributed by atoms with van der Waals surface area (Å²) >= 11 is 0. The molecule has 168 valence electrons. The number of benzene rings is 1. The molecule has 1 saturated heterocycles. The Morgan fingerprint density at radius 2 is 1.90 bits per heavy atom. The zero-order chi connectivity index (χ0) is 21.3. The second kappa shape index (κ2) is 11.8. The van der Waals surface area contributed by atoms with Crippen LogP contribution in [0, 0.1) is 0 Å². The Balaban J connectivity index is 1.46. The molecule has 1 aliphatic heterocycles. The van der Waals surface area contributed by atoms with Crippen molar-refractivity contribution in [3.8, 4) is 0 Å². The minimum atomic E-state index is -0.696. The Bertz CT molecular complexity index is 706. The van der Waals surface area contributed by atoms with Crippen LogP contribution in [0.2, 0.25) is 0 Å². The molecule has 2 aliphatic rings. The van der Waals surface area contributed by atoms with E-state index < -0.39 is 10.8 Å². The van der Waals surface area contributed by atoms with Gasteiger partial charge in [-0.05, 0) is 56.7 Å². The maximum atomic E-state index is 12.2. The first kappa shape index (κ1) is 23.3. The molecule has 30 heavy (non-hydrogen) atoms. The van der Waals surface area contributed by atoms with Gasteiger partial charge in [0.15, 0.2) is 5.96 Å². The summed E-state index contributed by atoms with van der Waals surface area (Å²) in [6.07, 6.45) is 8.36. The first-order valence-electron chi connectivity index (χ1n) is 11.7. The van der Waals surface area contributed by atoms with Crippen molar-refractivity contribution in [1.29, 1.82) is 0 Å². The Hall–Kier alpha value is -1.40. The lowest BCUT2D eigenvalue weighted by Gasteiger charge is -2.33. The summed E-state index contributed by atoms with van der Waals surface area (Å²) < 4.78 is 12.2. The average molecular weight is 433 g/mol. The molecule has 2 N–H and O–H groups in total. The number of guanidine groups is 1. The molecule has 0 radical (unpaired) electrons. The van der Waals surface area contributed by atoms with E-state index in [1.54, 1.807) is 0 Å². The van der Waals surface area contributed by atoms with Crippen molar-refractivity contribution in [2.75, 3.05) is 19.3 Å². The largest absolute Gasteiger partial charge is 0.354 e. The first-order chi connectivity index (χ1) is 14.6. The van der Waals surface area contributed by atoms with Crippen molar-refractivity contribution in [1.82, 2.24) is 15.5 Å². The number of nitrogens with zero attached hydrogens (tertiary/aromatic N) is 2. The van der Waals surface area contributed by atoms with Gasteiger partial charge in [-0.15, -0.1) is 0 Å². The SMILES string of the molecule is CCS(=O)C1CCCC(NC(=NC)NCc2ccc(CN3CCCCC3C)cc2)C1. The lowest BCUT2D eigenvalue weighted by Crippen LogP contribution is -2.46. The van der Waals surface area contributed by atoms with Crippen molar-refractivity contribution in [3.63, 3.8) is 0 Å². The van der Waals surface area contributed by atoms with Crippen LogP contribution >= 0.6 is 0 Å². The number of likely N-dealkylation sites (tertiary alicyclic amines) is 1. The highest BCUT2D eigenvalue weighted by molar-refractivity contribution is 7.85. The Labute approximate surface area is 185 Å². The molecule has 0 aromatic heterocycles. The van der Waals surface area contributed by atoms with E-state index in [2.05, 4.69) is 51.7 Å². The Morgan fingerprint density at radius 3 is 2.60 bits per heavy atom. The zero-order valence-corrected chi connectivity index (χ0v) is 19.8. The lowest BCUT2D eigenvalue weighted by atomic mass is 9.95. The normalized spacial score (nSPS) is 26.9. The first-order valence-corrected chi connectivity index (χ1v) is 13.1. The molecule has 4 unspecified atom stereocenters. The van der Waals surface area contributed by atoms with Crippen molar-refractivity contribution < 1.29 is 4.21 Å². The van der Waals surface area contributed by atoms with Gasteiger partial charge < -0.3 is 10.6 Å². The maximum Gasteiger partial charge on any atom is 0.191 e. The van der Waals surface area contributed by atoms with Crippen LogP contribution in [0.1, 0.15) is 69.9 Å². The van der Waals surface area contributed by atoms with E-state index in [0.29, 0.717) is 17.3 Å². The van der Waals surface area contributed by atoms with Crippen LogP contribution in [0.3, 0.4) is 0 Å². The van der Waals surface area contributed by atoms with Gasteiger partial charge in [-0.1, -0.05) is 44.0 Å². The molecule has 1 saturated carbocycles. The zero-order valence-electron chi connectivity index (χ0n) is 19.0. The number of rotatable bonds is 7. The van der Waals surface area contributed by atoms with Gasteiger partial charge in [0.05, 0.1) is 0 Å². The second-order valence-electron chi connectivity index (χ2n) is 8.86. The summed E-state index contributed by atoms with van der Waals surface area (Å²) in [6.45, 7) is 7.41. The smallest absolute Gasteiger partial charge is 0.191 e. The third-order valence-corrected chi connectivity index (χ3v) is 8.40. The van der Waals surface area contributed by atoms with E-state index in [-0.39, 0.29) is 0 Å². The third-order valence-electron chi connectivity index (χ3n) is 6.66. The molecular formula is C24H40N4OS. The molecule has 4 atom stereocenters. The molecule has 1 aliphatic carbocycles. The van der Waals surface area contributed by atoms with Gasteiger partial charge >= 0.3 is 0 Å². The van der Waals surface area contributed by atoms with Gasteiger partial charge in [0.1, 0.15) is 0 Å².